The van der Waals surface area contributed by atoms with Crippen LogP contribution < -0.4 is 4.90 Å². The van der Waals surface area contributed by atoms with Crippen LogP contribution in [0.15, 0.2) is 51.8 Å². The number of fused-ring (bicyclic) bond motifs is 1. The van der Waals surface area contributed by atoms with Crippen LogP contribution in [0.3, 0.4) is 0 Å². The van der Waals surface area contributed by atoms with Crippen LogP contribution in [0.25, 0.3) is 10.2 Å². The molecule has 0 fully saturated rings. The first-order chi connectivity index (χ1) is 14.7. The number of nitrogens with zero attached hydrogens (tertiary/aromatic N) is 3. The molecule has 0 saturated carbocycles. The third-order valence-electron chi connectivity index (χ3n) is 4.62. The van der Waals surface area contributed by atoms with Crippen molar-refractivity contribution in [3.05, 3.63) is 52.8 Å². The van der Waals surface area contributed by atoms with Crippen LogP contribution >= 0.6 is 27.3 Å². The molecule has 6 nitrogen and oxygen atoms in total. The number of anilines is 1. The number of sulfone groups is 1. The SMILES string of the molecule is CN(C)CCCN(C(=O)CCS(=O)(=O)c1ccc(F)cc1)c1nc2ccc(Br)cc2s1. The number of carbonyl (C=O) groups is 1. The molecule has 10 heteroatoms. The van der Waals surface area contributed by atoms with Crippen molar-refractivity contribution in [2.24, 2.45) is 0 Å². The number of amides is 1. The molecule has 0 aliphatic rings. The summed E-state index contributed by atoms with van der Waals surface area (Å²) in [4.78, 5) is 21.2. The lowest BCUT2D eigenvalue weighted by Gasteiger charge is -2.21. The highest BCUT2D eigenvalue weighted by atomic mass is 79.9. The Morgan fingerprint density at radius 2 is 1.84 bits per heavy atom. The predicted octanol–water partition coefficient (Wildman–Crippen LogP) is 4.35. The topological polar surface area (TPSA) is 70.6 Å². The van der Waals surface area contributed by atoms with Crippen molar-refractivity contribution in [2.45, 2.75) is 17.7 Å². The molecule has 3 rings (SSSR count). The summed E-state index contributed by atoms with van der Waals surface area (Å²) < 4.78 is 40.1. The Kier molecular flexibility index (Phi) is 7.79. The lowest BCUT2D eigenvalue weighted by atomic mass is 10.3. The molecule has 0 aliphatic carbocycles. The average Bonchev–Trinajstić information content (AvgIpc) is 3.12. The van der Waals surface area contributed by atoms with Gasteiger partial charge in [0.25, 0.3) is 0 Å². The number of carbonyl (C=O) groups excluding carboxylic acids is 1. The van der Waals surface area contributed by atoms with Crippen molar-refractivity contribution < 1.29 is 17.6 Å². The fraction of sp³-hybridized carbons (Fsp3) is 0.333. The molecule has 0 N–H and O–H groups in total. The third-order valence-corrected chi connectivity index (χ3v) is 7.88. The van der Waals surface area contributed by atoms with Crippen LogP contribution in [0.4, 0.5) is 9.52 Å². The molecule has 31 heavy (non-hydrogen) atoms. The summed E-state index contributed by atoms with van der Waals surface area (Å²) >= 11 is 4.84. The minimum atomic E-state index is -3.70. The number of rotatable bonds is 9. The Bertz CT molecular complexity index is 1160. The second-order valence-electron chi connectivity index (χ2n) is 7.33. The Balaban J connectivity index is 1.78. The van der Waals surface area contributed by atoms with E-state index in [-0.39, 0.29) is 23.0 Å². The largest absolute Gasteiger partial charge is 0.309 e. The third kappa shape index (κ3) is 6.31. The first kappa shape index (κ1) is 23.8. The summed E-state index contributed by atoms with van der Waals surface area (Å²) in [6, 6.07) is 10.3. The van der Waals surface area contributed by atoms with E-state index in [1.54, 1.807) is 4.90 Å². The van der Waals surface area contributed by atoms with E-state index in [0.717, 1.165) is 39.8 Å². The highest BCUT2D eigenvalue weighted by molar-refractivity contribution is 9.10. The van der Waals surface area contributed by atoms with Gasteiger partial charge in [-0.15, -0.1) is 0 Å². The van der Waals surface area contributed by atoms with Gasteiger partial charge in [0.05, 0.1) is 20.9 Å². The monoisotopic (exact) mass is 527 g/mol. The van der Waals surface area contributed by atoms with E-state index in [1.165, 1.54) is 23.5 Å². The molecule has 1 aromatic heterocycles. The maximum absolute atomic E-state index is 13.1. The number of aromatic nitrogens is 1. The molecular formula is C21H23BrFN3O3S2. The normalized spacial score (nSPS) is 11.9. The molecule has 3 aromatic rings. The molecule has 0 bridgehead atoms. The molecule has 0 unspecified atom stereocenters. The van der Waals surface area contributed by atoms with Gasteiger partial charge in [-0.2, -0.15) is 0 Å². The van der Waals surface area contributed by atoms with E-state index in [1.807, 2.05) is 37.2 Å². The molecule has 0 spiro atoms. The Morgan fingerprint density at radius 3 is 2.52 bits per heavy atom. The molecule has 0 saturated heterocycles. The highest BCUT2D eigenvalue weighted by Crippen LogP contribution is 2.31. The van der Waals surface area contributed by atoms with Crippen LogP contribution in [-0.4, -0.2) is 57.1 Å². The molecule has 0 atom stereocenters. The van der Waals surface area contributed by atoms with Gasteiger partial charge < -0.3 is 4.90 Å². The fourth-order valence-electron chi connectivity index (χ4n) is 2.99. The molecule has 166 valence electrons. The van der Waals surface area contributed by atoms with Crippen LogP contribution in [0.1, 0.15) is 12.8 Å². The second-order valence-corrected chi connectivity index (χ2v) is 11.4. The predicted molar refractivity (Wildman–Crippen MR) is 126 cm³/mol. The van der Waals surface area contributed by atoms with E-state index >= 15 is 0 Å². The van der Waals surface area contributed by atoms with Crippen LogP contribution in [-0.2, 0) is 14.6 Å². The maximum atomic E-state index is 13.1. The van der Waals surface area contributed by atoms with Crippen LogP contribution in [0.2, 0.25) is 0 Å². The highest BCUT2D eigenvalue weighted by Gasteiger charge is 2.23. The zero-order chi connectivity index (χ0) is 22.6. The number of hydrogen-bond acceptors (Lipinski definition) is 6. The molecule has 1 amide bonds. The van der Waals surface area contributed by atoms with Gasteiger partial charge in [-0.1, -0.05) is 27.3 Å². The zero-order valence-corrected chi connectivity index (χ0v) is 20.4. The molecule has 2 aromatic carbocycles. The van der Waals surface area contributed by atoms with Crippen molar-refractivity contribution in [3.63, 3.8) is 0 Å². The summed E-state index contributed by atoms with van der Waals surface area (Å²) in [5, 5.41) is 0.552. The first-order valence-corrected chi connectivity index (χ1v) is 12.9. The lowest BCUT2D eigenvalue weighted by molar-refractivity contribution is -0.118. The van der Waals surface area contributed by atoms with Crippen molar-refractivity contribution in [3.8, 4) is 0 Å². The van der Waals surface area contributed by atoms with Crippen molar-refractivity contribution in [1.82, 2.24) is 9.88 Å². The summed E-state index contributed by atoms with van der Waals surface area (Å²) in [5.41, 5.74) is 0.785. The van der Waals surface area contributed by atoms with Gasteiger partial charge in [-0.3, -0.25) is 9.69 Å². The maximum Gasteiger partial charge on any atom is 0.229 e. The van der Waals surface area contributed by atoms with Gasteiger partial charge >= 0.3 is 0 Å². The Labute approximate surface area is 193 Å². The van der Waals surface area contributed by atoms with Gasteiger partial charge in [0.2, 0.25) is 5.91 Å². The van der Waals surface area contributed by atoms with Gasteiger partial charge in [-0.25, -0.2) is 17.8 Å². The van der Waals surface area contributed by atoms with E-state index in [2.05, 4.69) is 20.9 Å². The number of benzene rings is 2. The average molecular weight is 528 g/mol. The molecule has 0 radical (unpaired) electrons. The molecule has 0 aliphatic heterocycles. The fourth-order valence-corrected chi connectivity index (χ4v) is 5.78. The van der Waals surface area contributed by atoms with Crippen molar-refractivity contribution in [2.75, 3.05) is 37.8 Å². The van der Waals surface area contributed by atoms with Crippen LogP contribution in [0, 0.1) is 5.82 Å². The van der Waals surface area contributed by atoms with Gasteiger partial charge in [0.15, 0.2) is 15.0 Å². The van der Waals surface area contributed by atoms with E-state index in [4.69, 9.17) is 0 Å². The second kappa shape index (κ2) is 10.2. The zero-order valence-electron chi connectivity index (χ0n) is 17.2. The Hall–Kier alpha value is -1.88. The number of thiazole rings is 1. The van der Waals surface area contributed by atoms with Gasteiger partial charge in [-0.05, 0) is 69.5 Å². The summed E-state index contributed by atoms with van der Waals surface area (Å²) in [6.07, 6.45) is 0.546. The van der Waals surface area contributed by atoms with E-state index in [0.29, 0.717) is 11.7 Å². The summed E-state index contributed by atoms with van der Waals surface area (Å²) in [5.74, 6) is -1.16. The standard InChI is InChI=1S/C21H23BrFN3O3S2/c1-25(2)11-3-12-26(21-24-18-9-4-15(22)14-19(18)30-21)20(27)10-13-31(28,29)17-7-5-16(23)6-8-17/h4-9,14H,3,10-13H2,1-2H3. The minimum Gasteiger partial charge on any atom is -0.309 e. The molecular weight excluding hydrogens is 505 g/mol. The minimum absolute atomic E-state index is 0.00527. The summed E-state index contributed by atoms with van der Waals surface area (Å²) in [6.45, 7) is 1.22. The first-order valence-electron chi connectivity index (χ1n) is 9.65. The Morgan fingerprint density at radius 1 is 1.13 bits per heavy atom. The summed E-state index contributed by atoms with van der Waals surface area (Å²) in [7, 11) is 0.212. The lowest BCUT2D eigenvalue weighted by Crippen LogP contribution is -2.34. The number of halogens is 2. The molecule has 1 heterocycles. The van der Waals surface area contributed by atoms with Crippen molar-refractivity contribution >= 4 is 58.4 Å². The van der Waals surface area contributed by atoms with E-state index in [9.17, 15) is 17.6 Å². The van der Waals surface area contributed by atoms with Crippen molar-refractivity contribution in [1.29, 1.82) is 0 Å². The van der Waals surface area contributed by atoms with Gasteiger partial charge in [0, 0.05) is 17.4 Å². The smallest absolute Gasteiger partial charge is 0.229 e. The van der Waals surface area contributed by atoms with Crippen LogP contribution in [0.5, 0.6) is 0 Å². The quantitative estimate of drug-likeness (QED) is 0.387. The van der Waals surface area contributed by atoms with E-state index < -0.39 is 15.7 Å². The number of hydrogen-bond donors (Lipinski definition) is 0. The van der Waals surface area contributed by atoms with Gasteiger partial charge in [0.1, 0.15) is 5.82 Å².